The molecule has 1 aromatic carbocycles. The highest BCUT2D eigenvalue weighted by Crippen LogP contribution is 2.30. The van der Waals surface area contributed by atoms with Crippen molar-refractivity contribution in [1.82, 2.24) is 25.0 Å². The van der Waals surface area contributed by atoms with Crippen molar-refractivity contribution in [2.45, 2.75) is 38.8 Å². The summed E-state index contributed by atoms with van der Waals surface area (Å²) in [5.74, 6) is 2.50. The number of hydrogen-bond acceptors (Lipinski definition) is 4. The van der Waals surface area contributed by atoms with E-state index in [0.29, 0.717) is 16.5 Å². The van der Waals surface area contributed by atoms with Crippen molar-refractivity contribution in [3.8, 4) is 0 Å². The van der Waals surface area contributed by atoms with Gasteiger partial charge >= 0.3 is 0 Å². The molecule has 1 fully saturated rings. The highest BCUT2D eigenvalue weighted by atomic mass is 35.5. The molecule has 6 nitrogen and oxygen atoms in total. The fourth-order valence-electron chi connectivity index (χ4n) is 3.74. The van der Waals surface area contributed by atoms with E-state index < -0.39 is 0 Å². The summed E-state index contributed by atoms with van der Waals surface area (Å²) in [6.45, 7) is 6.06. The van der Waals surface area contributed by atoms with Gasteiger partial charge in [-0.1, -0.05) is 23.7 Å². The molecule has 2 aromatic rings. The predicted octanol–water partition coefficient (Wildman–Crippen LogP) is 2.36. The molecule has 0 bridgehead atoms. The third kappa shape index (κ3) is 3.04. The van der Waals surface area contributed by atoms with Gasteiger partial charge in [-0.3, -0.25) is 4.79 Å². The van der Waals surface area contributed by atoms with E-state index >= 15 is 0 Å². The molecule has 0 aliphatic carbocycles. The molecule has 1 aromatic heterocycles. The number of benzene rings is 1. The van der Waals surface area contributed by atoms with Crippen LogP contribution < -0.4 is 5.32 Å². The zero-order chi connectivity index (χ0) is 17.4. The van der Waals surface area contributed by atoms with E-state index in [1.165, 1.54) is 0 Å². The molecule has 0 spiro atoms. The molecular formula is C18H22ClN5O. The van der Waals surface area contributed by atoms with Crippen LogP contribution in [0.15, 0.2) is 18.2 Å². The van der Waals surface area contributed by atoms with Crippen LogP contribution >= 0.6 is 11.6 Å². The first-order chi connectivity index (χ1) is 12.1. The van der Waals surface area contributed by atoms with E-state index in [1.54, 1.807) is 0 Å². The lowest BCUT2D eigenvalue weighted by Gasteiger charge is -2.32. The highest BCUT2D eigenvalue weighted by Gasteiger charge is 2.29. The van der Waals surface area contributed by atoms with Gasteiger partial charge in [0.25, 0.3) is 5.91 Å². The first kappa shape index (κ1) is 16.5. The Kier molecular flexibility index (Phi) is 4.48. The summed E-state index contributed by atoms with van der Waals surface area (Å²) in [5.41, 5.74) is 1.54. The van der Waals surface area contributed by atoms with Crippen LogP contribution in [0.25, 0.3) is 0 Å². The molecule has 25 heavy (non-hydrogen) atoms. The Morgan fingerprint density at radius 2 is 2.04 bits per heavy atom. The first-order valence-electron chi connectivity index (χ1n) is 8.82. The van der Waals surface area contributed by atoms with E-state index in [4.69, 9.17) is 11.6 Å². The number of rotatable bonds is 2. The standard InChI is InChI=1S/C18H22ClN5O/c1-12-3-2-4-14(16(12)19)18(25)23-8-5-13(6-9-23)17-22-21-15-11-20-7-10-24(15)17/h2-4,13,20H,5-11H2,1H3. The minimum absolute atomic E-state index is 0.0274. The number of amides is 1. The molecule has 0 saturated carbocycles. The van der Waals surface area contributed by atoms with Crippen LogP contribution in [0.3, 0.4) is 0 Å². The third-order valence-corrected chi connectivity index (χ3v) is 5.72. The maximum absolute atomic E-state index is 12.8. The van der Waals surface area contributed by atoms with Crippen molar-refractivity contribution in [3.05, 3.63) is 46.0 Å². The van der Waals surface area contributed by atoms with E-state index in [0.717, 1.165) is 62.8 Å². The normalized spacial score (nSPS) is 18.2. The van der Waals surface area contributed by atoms with Gasteiger partial charge in [0, 0.05) is 32.1 Å². The summed E-state index contributed by atoms with van der Waals surface area (Å²) in [6.07, 6.45) is 1.83. The third-order valence-electron chi connectivity index (χ3n) is 5.22. The molecule has 3 heterocycles. The van der Waals surface area contributed by atoms with Gasteiger partial charge < -0.3 is 14.8 Å². The van der Waals surface area contributed by atoms with E-state index in [1.807, 2.05) is 30.0 Å². The minimum Gasteiger partial charge on any atom is -0.339 e. The Balaban J connectivity index is 1.46. The summed E-state index contributed by atoms with van der Waals surface area (Å²) in [5, 5.41) is 12.6. The second-order valence-electron chi connectivity index (χ2n) is 6.81. The topological polar surface area (TPSA) is 63.1 Å². The van der Waals surface area contributed by atoms with E-state index in [2.05, 4.69) is 20.1 Å². The number of aryl methyl sites for hydroxylation is 1. The number of piperidine rings is 1. The van der Waals surface area contributed by atoms with E-state index in [-0.39, 0.29) is 5.91 Å². The molecule has 1 saturated heterocycles. The maximum Gasteiger partial charge on any atom is 0.255 e. The number of nitrogens with zero attached hydrogens (tertiary/aromatic N) is 4. The first-order valence-corrected chi connectivity index (χ1v) is 9.20. The molecule has 0 radical (unpaired) electrons. The van der Waals surface area contributed by atoms with Gasteiger partial charge in [0.2, 0.25) is 0 Å². The number of carbonyl (C=O) groups is 1. The molecule has 0 unspecified atom stereocenters. The molecule has 7 heteroatoms. The van der Waals surface area contributed by atoms with Gasteiger partial charge in [0.05, 0.1) is 17.1 Å². The average Bonchev–Trinajstić information content (AvgIpc) is 3.08. The van der Waals surface area contributed by atoms with Crippen LogP contribution in [0.4, 0.5) is 0 Å². The quantitative estimate of drug-likeness (QED) is 0.894. The summed E-state index contributed by atoms with van der Waals surface area (Å²) in [4.78, 5) is 14.7. The van der Waals surface area contributed by atoms with Crippen LogP contribution in [0.2, 0.25) is 5.02 Å². The monoisotopic (exact) mass is 359 g/mol. The van der Waals surface area contributed by atoms with Gasteiger partial charge in [0.15, 0.2) is 0 Å². The van der Waals surface area contributed by atoms with E-state index in [9.17, 15) is 4.79 Å². The van der Waals surface area contributed by atoms with Gasteiger partial charge in [0.1, 0.15) is 11.6 Å². The number of fused-ring (bicyclic) bond motifs is 1. The highest BCUT2D eigenvalue weighted by molar-refractivity contribution is 6.34. The second-order valence-corrected chi connectivity index (χ2v) is 7.18. The van der Waals surface area contributed by atoms with Crippen LogP contribution in [0.5, 0.6) is 0 Å². The van der Waals surface area contributed by atoms with Gasteiger partial charge in [-0.05, 0) is 31.4 Å². The van der Waals surface area contributed by atoms with Gasteiger partial charge in [-0.25, -0.2) is 0 Å². The lowest BCUT2D eigenvalue weighted by atomic mass is 9.95. The fraction of sp³-hybridized carbons (Fsp3) is 0.500. The fourth-order valence-corrected chi connectivity index (χ4v) is 3.95. The number of halogens is 1. The number of nitrogens with one attached hydrogen (secondary N) is 1. The lowest BCUT2D eigenvalue weighted by Crippen LogP contribution is -2.39. The van der Waals surface area contributed by atoms with Crippen LogP contribution in [-0.4, -0.2) is 45.2 Å². The molecule has 2 aliphatic rings. The average molecular weight is 360 g/mol. The molecule has 2 aliphatic heterocycles. The summed E-state index contributed by atoms with van der Waals surface area (Å²) in [7, 11) is 0. The van der Waals surface area contributed by atoms with Crippen molar-refractivity contribution < 1.29 is 4.79 Å². The summed E-state index contributed by atoms with van der Waals surface area (Å²) in [6, 6.07) is 5.62. The van der Waals surface area contributed by atoms with Crippen molar-refractivity contribution in [3.63, 3.8) is 0 Å². The SMILES string of the molecule is Cc1cccc(C(=O)N2CCC(c3nnc4n3CCNC4)CC2)c1Cl. The summed E-state index contributed by atoms with van der Waals surface area (Å²) < 4.78 is 2.25. The Morgan fingerprint density at radius 3 is 2.84 bits per heavy atom. The number of hydrogen-bond donors (Lipinski definition) is 1. The predicted molar refractivity (Wildman–Crippen MR) is 95.8 cm³/mol. The van der Waals surface area contributed by atoms with Crippen LogP contribution in [0.1, 0.15) is 46.3 Å². The van der Waals surface area contributed by atoms with Gasteiger partial charge in [-0.2, -0.15) is 0 Å². The number of likely N-dealkylation sites (tertiary alicyclic amines) is 1. The van der Waals surface area contributed by atoms with Crippen molar-refractivity contribution in [2.75, 3.05) is 19.6 Å². The van der Waals surface area contributed by atoms with Crippen LogP contribution in [0, 0.1) is 6.92 Å². The van der Waals surface area contributed by atoms with Gasteiger partial charge in [-0.15, -0.1) is 10.2 Å². The molecule has 1 amide bonds. The Labute approximate surface area is 152 Å². The Hall–Kier alpha value is -1.92. The zero-order valence-corrected chi connectivity index (χ0v) is 15.1. The second kappa shape index (κ2) is 6.77. The Morgan fingerprint density at radius 1 is 1.24 bits per heavy atom. The molecule has 132 valence electrons. The summed E-state index contributed by atoms with van der Waals surface area (Å²) >= 11 is 6.32. The largest absolute Gasteiger partial charge is 0.339 e. The lowest BCUT2D eigenvalue weighted by molar-refractivity contribution is 0.0710. The van der Waals surface area contributed by atoms with Crippen molar-refractivity contribution in [1.29, 1.82) is 0 Å². The maximum atomic E-state index is 12.8. The van der Waals surface area contributed by atoms with Crippen molar-refractivity contribution in [2.24, 2.45) is 0 Å². The molecule has 4 rings (SSSR count). The molecule has 0 atom stereocenters. The molecular weight excluding hydrogens is 338 g/mol. The zero-order valence-electron chi connectivity index (χ0n) is 14.3. The van der Waals surface area contributed by atoms with Crippen LogP contribution in [-0.2, 0) is 13.1 Å². The number of carbonyl (C=O) groups excluding carboxylic acids is 1. The van der Waals surface area contributed by atoms with Crippen molar-refractivity contribution >= 4 is 17.5 Å². The number of aromatic nitrogens is 3. The smallest absolute Gasteiger partial charge is 0.255 e. The molecule has 1 N–H and O–H groups in total. The minimum atomic E-state index is 0.0274. The Bertz CT molecular complexity index is 795.